The zero-order valence-corrected chi connectivity index (χ0v) is 18.9. The van der Waals surface area contributed by atoms with Crippen molar-refractivity contribution in [2.24, 2.45) is 0 Å². The fourth-order valence-electron chi connectivity index (χ4n) is 4.55. The number of benzene rings is 1. The van der Waals surface area contributed by atoms with Crippen molar-refractivity contribution >= 4 is 21.6 Å². The fraction of sp³-hybridized carbons (Fsp3) is 0.682. The third-order valence-electron chi connectivity index (χ3n) is 6.35. The van der Waals surface area contributed by atoms with Gasteiger partial charge in [0.1, 0.15) is 4.90 Å². The van der Waals surface area contributed by atoms with Gasteiger partial charge in [-0.3, -0.25) is 4.79 Å². The van der Waals surface area contributed by atoms with Crippen molar-refractivity contribution in [2.75, 3.05) is 57.5 Å². The van der Waals surface area contributed by atoms with Crippen LogP contribution in [0.4, 0.5) is 5.69 Å². The van der Waals surface area contributed by atoms with Crippen LogP contribution in [0.2, 0.25) is 0 Å². The van der Waals surface area contributed by atoms with E-state index in [9.17, 15) is 13.2 Å². The number of rotatable bonds is 5. The molecule has 1 N–H and O–H groups in total. The summed E-state index contributed by atoms with van der Waals surface area (Å²) >= 11 is 0. The number of carbonyl (C=O) groups excluding carboxylic acids is 1. The van der Waals surface area contributed by atoms with Gasteiger partial charge >= 0.3 is 0 Å². The molecule has 31 heavy (non-hydrogen) atoms. The molecular formula is C22H33N3O5S. The number of carbonyl (C=O) groups is 1. The van der Waals surface area contributed by atoms with Crippen molar-refractivity contribution in [3.8, 4) is 0 Å². The minimum absolute atomic E-state index is 0.160. The van der Waals surface area contributed by atoms with Crippen LogP contribution in [0.5, 0.6) is 0 Å². The number of nitrogens with zero attached hydrogens (tertiary/aromatic N) is 2. The van der Waals surface area contributed by atoms with Crippen molar-refractivity contribution in [3.63, 3.8) is 0 Å². The molecule has 1 aromatic carbocycles. The maximum atomic E-state index is 13.5. The van der Waals surface area contributed by atoms with Crippen molar-refractivity contribution < 1.29 is 22.7 Å². The molecule has 172 valence electrons. The molecule has 0 atom stereocenters. The first kappa shape index (κ1) is 22.5. The summed E-state index contributed by atoms with van der Waals surface area (Å²) in [5, 5.41) is 3.13. The molecule has 1 amide bonds. The van der Waals surface area contributed by atoms with Crippen LogP contribution in [-0.2, 0) is 19.5 Å². The second-order valence-corrected chi connectivity index (χ2v) is 10.4. The normalized spacial score (nSPS) is 22.1. The molecule has 1 aliphatic carbocycles. The summed E-state index contributed by atoms with van der Waals surface area (Å²) in [6, 6.07) is 5.24. The van der Waals surface area contributed by atoms with Gasteiger partial charge in [-0.25, -0.2) is 8.42 Å². The third-order valence-corrected chi connectivity index (χ3v) is 8.28. The molecule has 0 bridgehead atoms. The number of anilines is 1. The largest absolute Gasteiger partial charge is 0.379 e. The summed E-state index contributed by atoms with van der Waals surface area (Å²) in [6.07, 6.45) is 6.63. The summed E-state index contributed by atoms with van der Waals surface area (Å²) in [4.78, 5) is 15.2. The Morgan fingerprint density at radius 2 is 1.52 bits per heavy atom. The molecular weight excluding hydrogens is 418 g/mol. The Hall–Kier alpha value is -1.68. The number of sulfonamides is 1. The molecule has 3 fully saturated rings. The van der Waals surface area contributed by atoms with Gasteiger partial charge in [-0.05, 0) is 31.0 Å². The number of hydrogen-bond donors (Lipinski definition) is 1. The summed E-state index contributed by atoms with van der Waals surface area (Å²) in [7, 11) is -3.75. The Kier molecular flexibility index (Phi) is 7.47. The van der Waals surface area contributed by atoms with E-state index in [4.69, 9.17) is 9.47 Å². The molecule has 1 aromatic rings. The summed E-state index contributed by atoms with van der Waals surface area (Å²) in [5.41, 5.74) is 1.04. The average Bonchev–Trinajstić information content (AvgIpc) is 3.08. The molecule has 0 unspecified atom stereocenters. The van der Waals surface area contributed by atoms with E-state index in [0.29, 0.717) is 63.9 Å². The summed E-state index contributed by atoms with van der Waals surface area (Å²) in [6.45, 7) is 3.77. The standard InChI is InChI=1S/C22H33N3O5S/c26-22(23-19-5-3-1-2-4-6-19)18-7-8-20(24-9-13-29-14-10-24)21(17-18)31(27,28)25-11-15-30-16-12-25/h7-8,17,19H,1-6,9-16H2,(H,23,26). The second-order valence-electron chi connectivity index (χ2n) is 8.46. The second kappa shape index (κ2) is 10.3. The van der Waals surface area contributed by atoms with E-state index in [2.05, 4.69) is 5.32 Å². The van der Waals surface area contributed by atoms with Gasteiger partial charge < -0.3 is 19.7 Å². The number of amides is 1. The molecule has 3 aliphatic rings. The van der Waals surface area contributed by atoms with Gasteiger partial charge in [0.25, 0.3) is 5.91 Å². The minimum Gasteiger partial charge on any atom is -0.379 e. The van der Waals surface area contributed by atoms with Gasteiger partial charge in [-0.15, -0.1) is 0 Å². The van der Waals surface area contributed by atoms with Gasteiger partial charge in [0, 0.05) is 37.8 Å². The lowest BCUT2D eigenvalue weighted by Gasteiger charge is -2.33. The van der Waals surface area contributed by atoms with Gasteiger partial charge in [0.05, 0.1) is 32.1 Å². The maximum absolute atomic E-state index is 13.5. The van der Waals surface area contributed by atoms with Crippen LogP contribution in [0.3, 0.4) is 0 Å². The Balaban J connectivity index is 1.63. The van der Waals surface area contributed by atoms with E-state index in [0.717, 1.165) is 25.7 Å². The van der Waals surface area contributed by atoms with Crippen LogP contribution in [-0.4, -0.2) is 77.3 Å². The number of morpholine rings is 2. The van der Waals surface area contributed by atoms with E-state index in [1.807, 2.05) is 4.90 Å². The first-order valence-electron chi connectivity index (χ1n) is 11.4. The molecule has 2 heterocycles. The highest BCUT2D eigenvalue weighted by Gasteiger charge is 2.31. The topological polar surface area (TPSA) is 88.2 Å². The maximum Gasteiger partial charge on any atom is 0.251 e. The zero-order valence-electron chi connectivity index (χ0n) is 18.1. The van der Waals surface area contributed by atoms with E-state index >= 15 is 0 Å². The Labute approximate surface area is 184 Å². The molecule has 4 rings (SSSR count). The molecule has 0 radical (unpaired) electrons. The van der Waals surface area contributed by atoms with Gasteiger partial charge in [0.15, 0.2) is 0 Å². The summed E-state index contributed by atoms with van der Waals surface area (Å²) in [5.74, 6) is -0.196. The number of hydrogen-bond acceptors (Lipinski definition) is 6. The predicted octanol–water partition coefficient (Wildman–Crippen LogP) is 2.00. The van der Waals surface area contributed by atoms with Crippen LogP contribution in [0.15, 0.2) is 23.1 Å². The van der Waals surface area contributed by atoms with Crippen LogP contribution >= 0.6 is 0 Å². The van der Waals surface area contributed by atoms with Crippen LogP contribution in [0.25, 0.3) is 0 Å². The molecule has 8 nitrogen and oxygen atoms in total. The quantitative estimate of drug-likeness (QED) is 0.689. The molecule has 0 spiro atoms. The first-order valence-corrected chi connectivity index (χ1v) is 12.9. The highest BCUT2D eigenvalue weighted by atomic mass is 32.2. The SMILES string of the molecule is O=C(NC1CCCCCC1)c1ccc(N2CCOCC2)c(S(=O)(=O)N2CCOCC2)c1. The van der Waals surface area contributed by atoms with Gasteiger partial charge in [-0.1, -0.05) is 25.7 Å². The third kappa shape index (κ3) is 5.39. The monoisotopic (exact) mass is 451 g/mol. The van der Waals surface area contributed by atoms with E-state index in [1.54, 1.807) is 18.2 Å². The highest BCUT2D eigenvalue weighted by Crippen LogP contribution is 2.30. The molecule has 2 saturated heterocycles. The average molecular weight is 452 g/mol. The van der Waals surface area contributed by atoms with E-state index in [1.165, 1.54) is 17.1 Å². The number of nitrogens with one attached hydrogen (secondary N) is 1. The van der Waals surface area contributed by atoms with Crippen molar-refractivity contribution in [1.29, 1.82) is 0 Å². The van der Waals surface area contributed by atoms with Crippen molar-refractivity contribution in [3.05, 3.63) is 23.8 Å². The minimum atomic E-state index is -3.75. The van der Waals surface area contributed by atoms with Crippen LogP contribution in [0, 0.1) is 0 Å². The van der Waals surface area contributed by atoms with Gasteiger partial charge in [-0.2, -0.15) is 4.31 Å². The van der Waals surface area contributed by atoms with E-state index < -0.39 is 10.0 Å². The highest BCUT2D eigenvalue weighted by molar-refractivity contribution is 7.89. The van der Waals surface area contributed by atoms with Crippen molar-refractivity contribution in [1.82, 2.24) is 9.62 Å². The lowest BCUT2D eigenvalue weighted by atomic mass is 10.1. The first-order chi connectivity index (χ1) is 15.1. The molecule has 0 aromatic heterocycles. The van der Waals surface area contributed by atoms with Gasteiger partial charge in [0.2, 0.25) is 10.0 Å². The Morgan fingerprint density at radius 3 is 2.16 bits per heavy atom. The predicted molar refractivity (Wildman–Crippen MR) is 118 cm³/mol. The lowest BCUT2D eigenvalue weighted by molar-refractivity contribution is 0.0730. The lowest BCUT2D eigenvalue weighted by Crippen LogP contribution is -2.42. The smallest absolute Gasteiger partial charge is 0.251 e. The van der Waals surface area contributed by atoms with Crippen molar-refractivity contribution in [2.45, 2.75) is 49.5 Å². The molecule has 1 saturated carbocycles. The van der Waals surface area contributed by atoms with Crippen LogP contribution < -0.4 is 10.2 Å². The number of ether oxygens (including phenoxy) is 2. The molecule has 9 heteroatoms. The van der Waals surface area contributed by atoms with E-state index in [-0.39, 0.29) is 16.8 Å². The fourth-order valence-corrected chi connectivity index (χ4v) is 6.19. The van der Waals surface area contributed by atoms with Crippen LogP contribution in [0.1, 0.15) is 48.9 Å². The summed E-state index contributed by atoms with van der Waals surface area (Å²) < 4.78 is 39.3. The Morgan fingerprint density at radius 1 is 0.903 bits per heavy atom. The Bertz CT molecular complexity index is 856. The molecule has 2 aliphatic heterocycles. The zero-order chi connectivity index (χ0) is 21.7.